The van der Waals surface area contributed by atoms with Crippen LogP contribution in [0.25, 0.3) is 72.4 Å². The van der Waals surface area contributed by atoms with Crippen LogP contribution in [0.3, 0.4) is 0 Å². The fourth-order valence-electron chi connectivity index (χ4n) is 10.6. The van der Waals surface area contributed by atoms with Crippen LogP contribution in [0.2, 0.25) is 0 Å². The van der Waals surface area contributed by atoms with Gasteiger partial charge in [0.05, 0.1) is 22.0 Å². The van der Waals surface area contributed by atoms with Crippen LogP contribution in [0.15, 0.2) is 200 Å². The Kier molecular flexibility index (Phi) is 7.29. The van der Waals surface area contributed by atoms with Crippen LogP contribution >= 0.6 is 0 Å². The van der Waals surface area contributed by atoms with Crippen molar-refractivity contribution >= 4 is 50.8 Å². The van der Waals surface area contributed by atoms with E-state index in [4.69, 9.17) is 9.97 Å². The molecule has 0 saturated carbocycles. The van der Waals surface area contributed by atoms with Gasteiger partial charge in [-0.05, 0) is 67.6 Å². The molecule has 0 N–H and O–H groups in total. The first-order valence-electron chi connectivity index (χ1n) is 20.5. The number of rotatable bonds is 5. The number of benzene rings is 8. The van der Waals surface area contributed by atoms with Crippen molar-refractivity contribution in [2.75, 3.05) is 0 Å². The molecule has 10 aromatic rings. The lowest BCUT2D eigenvalue weighted by molar-refractivity contribution is 0.666. The predicted octanol–water partition coefficient (Wildman–Crippen LogP) is 10.6. The molecule has 0 radical (unpaired) electrons. The maximum Gasteiger partial charge on any atom is 0.203 e. The molecule has 0 atom stereocenters. The van der Waals surface area contributed by atoms with E-state index in [1.807, 2.05) is 0 Å². The van der Waals surface area contributed by atoms with Crippen LogP contribution in [0.1, 0.15) is 25.0 Å². The summed E-state index contributed by atoms with van der Waals surface area (Å²) in [6.45, 7) is 4.76. The first kappa shape index (κ1) is 33.9. The summed E-state index contributed by atoms with van der Waals surface area (Å²) in [4.78, 5) is 11.2. The number of para-hydroxylation sites is 1. The summed E-state index contributed by atoms with van der Waals surface area (Å²) >= 11 is 0. The van der Waals surface area contributed by atoms with Crippen molar-refractivity contribution in [1.29, 1.82) is 0 Å². The van der Waals surface area contributed by atoms with Gasteiger partial charge in [-0.1, -0.05) is 190 Å². The van der Waals surface area contributed by atoms with Gasteiger partial charge in [-0.3, -0.25) is 0 Å². The molecule has 3 heterocycles. The summed E-state index contributed by atoms with van der Waals surface area (Å²) in [5.74, 6) is 0.750. The van der Waals surface area contributed by atoms with E-state index < -0.39 is 8.07 Å². The van der Waals surface area contributed by atoms with Gasteiger partial charge in [0.1, 0.15) is 0 Å². The van der Waals surface area contributed by atoms with Gasteiger partial charge < -0.3 is 4.57 Å². The molecule has 59 heavy (non-hydrogen) atoms. The van der Waals surface area contributed by atoms with Crippen molar-refractivity contribution in [2.45, 2.75) is 19.3 Å². The van der Waals surface area contributed by atoms with Crippen LogP contribution < -0.4 is 20.9 Å². The summed E-state index contributed by atoms with van der Waals surface area (Å²) in [6, 6.07) is 73.3. The van der Waals surface area contributed by atoms with Crippen LogP contribution in [0, 0.1) is 0 Å². The minimum atomic E-state index is -2.87. The lowest BCUT2D eigenvalue weighted by Crippen LogP contribution is -2.73. The zero-order valence-electron chi connectivity index (χ0n) is 32.9. The van der Waals surface area contributed by atoms with E-state index in [-0.39, 0.29) is 5.41 Å². The third kappa shape index (κ3) is 4.69. The third-order valence-electron chi connectivity index (χ3n) is 13.1. The molecule has 0 spiro atoms. The summed E-state index contributed by atoms with van der Waals surface area (Å²) in [5.41, 5.74) is 14.3. The molecule has 0 unspecified atom stereocenters. The Labute approximate surface area is 345 Å². The molecule has 1 aliphatic heterocycles. The molecule has 0 saturated heterocycles. The van der Waals surface area contributed by atoms with Crippen molar-refractivity contribution in [3.8, 4) is 50.6 Å². The second-order valence-corrected chi connectivity index (χ2v) is 20.1. The van der Waals surface area contributed by atoms with Crippen molar-refractivity contribution < 1.29 is 0 Å². The van der Waals surface area contributed by atoms with Gasteiger partial charge >= 0.3 is 0 Å². The van der Waals surface area contributed by atoms with Crippen LogP contribution in [0.5, 0.6) is 0 Å². The molecule has 4 heteroatoms. The van der Waals surface area contributed by atoms with E-state index in [0.717, 1.165) is 39.2 Å². The molecule has 2 aromatic heterocycles. The number of nitrogens with zero attached hydrogens (tertiary/aromatic N) is 3. The van der Waals surface area contributed by atoms with Gasteiger partial charge in [-0.15, -0.1) is 0 Å². The van der Waals surface area contributed by atoms with E-state index in [1.165, 1.54) is 65.2 Å². The number of hydrogen-bond acceptors (Lipinski definition) is 2. The summed E-state index contributed by atoms with van der Waals surface area (Å²) < 4.78 is 2.45. The van der Waals surface area contributed by atoms with E-state index in [9.17, 15) is 0 Å². The van der Waals surface area contributed by atoms with Crippen LogP contribution in [-0.2, 0) is 5.41 Å². The molecule has 278 valence electrons. The Hall–Kier alpha value is -7.14. The topological polar surface area (TPSA) is 30.7 Å². The minimum Gasteiger partial charge on any atom is -0.309 e. The minimum absolute atomic E-state index is 0.123. The summed E-state index contributed by atoms with van der Waals surface area (Å²) in [5, 5.41) is 7.76. The van der Waals surface area contributed by atoms with Crippen LogP contribution in [0.4, 0.5) is 0 Å². The summed E-state index contributed by atoms with van der Waals surface area (Å²) in [6.07, 6.45) is 0. The van der Waals surface area contributed by atoms with Gasteiger partial charge in [0.15, 0.2) is 5.82 Å². The van der Waals surface area contributed by atoms with E-state index in [0.29, 0.717) is 0 Å². The zero-order chi connectivity index (χ0) is 39.3. The lowest BCUT2D eigenvalue weighted by Gasteiger charge is -2.30. The predicted molar refractivity (Wildman–Crippen MR) is 247 cm³/mol. The SMILES string of the molecule is CC1(C)c2ccccc2-c2ccc3c(c21)c1ccccc1n3-c1ccc(-c2nc(-c3ccccc3)nc3c2-c2ccccc2[Si]3(c2ccccc2)c2ccccc2)cc1. The number of aromatic nitrogens is 3. The van der Waals surface area contributed by atoms with Crippen molar-refractivity contribution in [3.05, 3.63) is 211 Å². The highest BCUT2D eigenvalue weighted by Crippen LogP contribution is 2.53. The molecule has 8 aromatic carbocycles. The Bertz CT molecular complexity index is 3240. The van der Waals surface area contributed by atoms with Gasteiger partial charge in [0.2, 0.25) is 8.07 Å². The molecule has 0 amide bonds. The second kappa shape index (κ2) is 12.7. The zero-order valence-corrected chi connectivity index (χ0v) is 33.9. The number of fused-ring (bicyclic) bond motifs is 10. The van der Waals surface area contributed by atoms with E-state index in [1.54, 1.807) is 0 Å². The average molecular weight is 770 g/mol. The summed E-state index contributed by atoms with van der Waals surface area (Å²) in [7, 11) is -2.87. The Morgan fingerprint density at radius 3 is 1.81 bits per heavy atom. The second-order valence-electron chi connectivity index (χ2n) is 16.5. The Balaban J connectivity index is 1.10. The molecular formula is C55H39N3Si. The highest BCUT2D eigenvalue weighted by Gasteiger charge is 2.51. The maximum atomic E-state index is 5.66. The molecule has 0 bridgehead atoms. The fourth-order valence-corrected chi connectivity index (χ4v) is 15.6. The van der Waals surface area contributed by atoms with Crippen molar-refractivity contribution in [2.24, 2.45) is 0 Å². The molecule has 3 nitrogen and oxygen atoms in total. The lowest BCUT2D eigenvalue weighted by atomic mass is 9.80. The highest BCUT2D eigenvalue weighted by atomic mass is 28.3. The number of hydrogen-bond donors (Lipinski definition) is 0. The smallest absolute Gasteiger partial charge is 0.203 e. The standard InChI is InChI=1S/C55H39N3Si/c1-55(2)45-27-15-12-24-41(45)42-34-35-47-49(51(42)55)43-25-13-16-28-46(43)58(47)38-32-30-36(31-33-38)52-50-44-26-14-17-29-48(44)59(39-20-8-4-9-21-39,40-22-10-5-11-23-40)54(50)57-53(56-52)37-18-6-3-7-19-37/h3-35H,1-2H3. The quantitative estimate of drug-likeness (QED) is 0.163. The normalized spacial score (nSPS) is 14.2. The van der Waals surface area contributed by atoms with Crippen molar-refractivity contribution in [3.63, 3.8) is 0 Å². The van der Waals surface area contributed by atoms with E-state index in [2.05, 4.69) is 219 Å². The molecular weight excluding hydrogens is 731 g/mol. The highest BCUT2D eigenvalue weighted by molar-refractivity contribution is 7.21. The monoisotopic (exact) mass is 769 g/mol. The van der Waals surface area contributed by atoms with Gasteiger partial charge in [0, 0.05) is 38.6 Å². The van der Waals surface area contributed by atoms with Crippen molar-refractivity contribution in [1.82, 2.24) is 14.5 Å². The fraction of sp³-hybridized carbons (Fsp3) is 0.0545. The first-order valence-corrected chi connectivity index (χ1v) is 22.5. The van der Waals surface area contributed by atoms with Gasteiger partial charge in [0.25, 0.3) is 0 Å². The average Bonchev–Trinajstić information content (AvgIpc) is 3.88. The molecule has 1 aliphatic carbocycles. The van der Waals surface area contributed by atoms with E-state index >= 15 is 0 Å². The largest absolute Gasteiger partial charge is 0.309 e. The Morgan fingerprint density at radius 1 is 0.475 bits per heavy atom. The van der Waals surface area contributed by atoms with Crippen LogP contribution in [-0.4, -0.2) is 22.6 Å². The maximum absolute atomic E-state index is 5.66. The molecule has 2 aliphatic rings. The third-order valence-corrected chi connectivity index (χ3v) is 17.8. The Morgan fingerprint density at radius 2 is 1.08 bits per heavy atom. The molecule has 0 fully saturated rings. The first-order chi connectivity index (χ1) is 29.0. The van der Waals surface area contributed by atoms with Gasteiger partial charge in [-0.25, -0.2) is 9.97 Å². The molecule has 12 rings (SSSR count). The van der Waals surface area contributed by atoms with Gasteiger partial charge in [-0.2, -0.15) is 0 Å².